The zero-order valence-corrected chi connectivity index (χ0v) is 30.6. The number of hydrogen-bond donors (Lipinski definition) is 2. The van der Waals surface area contributed by atoms with Crippen LogP contribution in [0.2, 0.25) is 0 Å². The number of aliphatic hydroxyl groups is 1. The Morgan fingerprint density at radius 1 is 1.13 bits per heavy atom. The molecule has 46 heavy (non-hydrogen) atoms. The molecule has 1 amide bonds. The van der Waals surface area contributed by atoms with E-state index in [4.69, 9.17) is 4.99 Å². The first kappa shape index (κ1) is 36.8. The second kappa shape index (κ2) is 15.8. The highest BCUT2D eigenvalue weighted by atomic mass is 32.1. The zero-order chi connectivity index (χ0) is 34.3. The van der Waals surface area contributed by atoms with Gasteiger partial charge in [-0.2, -0.15) is 5.10 Å². The molecule has 2 unspecified atom stereocenters. The van der Waals surface area contributed by atoms with E-state index in [1.165, 1.54) is 22.5 Å². The summed E-state index contributed by atoms with van der Waals surface area (Å²) in [5.41, 5.74) is 9.43. The Kier molecular flexibility index (Phi) is 12.6. The Bertz CT molecular complexity index is 1640. The predicted molar refractivity (Wildman–Crippen MR) is 194 cm³/mol. The first-order chi connectivity index (χ1) is 21.6. The number of amides is 1. The molecule has 3 rings (SSSR count). The zero-order valence-electron chi connectivity index (χ0n) is 29.8. The van der Waals surface area contributed by atoms with Crippen LogP contribution in [0.1, 0.15) is 119 Å². The lowest BCUT2D eigenvalue weighted by Crippen LogP contribution is -2.30. The van der Waals surface area contributed by atoms with Crippen LogP contribution in [0.25, 0.3) is 11.1 Å². The lowest BCUT2D eigenvalue weighted by Gasteiger charge is -2.21. The summed E-state index contributed by atoms with van der Waals surface area (Å²) in [4.78, 5) is 23.1. The van der Waals surface area contributed by atoms with Crippen molar-refractivity contribution in [2.45, 2.75) is 94.0 Å². The molecule has 1 aromatic carbocycles. The fraction of sp³-hybridized carbons (Fsp3) is 0.474. The summed E-state index contributed by atoms with van der Waals surface area (Å²) in [6.07, 6.45) is 10.7. The Balaban J connectivity index is 2.02. The van der Waals surface area contributed by atoms with Crippen molar-refractivity contribution in [1.82, 2.24) is 20.1 Å². The molecular formula is C38H53N5O2S. The van der Waals surface area contributed by atoms with Crippen molar-refractivity contribution in [1.29, 1.82) is 0 Å². The van der Waals surface area contributed by atoms with Gasteiger partial charge in [-0.3, -0.25) is 14.5 Å². The molecule has 0 bridgehead atoms. The van der Waals surface area contributed by atoms with Crippen LogP contribution in [0.3, 0.4) is 0 Å². The molecule has 0 radical (unpaired) electrons. The number of nitrogens with one attached hydrogen (secondary N) is 1. The normalized spacial score (nSPS) is 15.2. The smallest absolute Gasteiger partial charge is 0.263 e. The van der Waals surface area contributed by atoms with Gasteiger partial charge in [0.25, 0.3) is 5.91 Å². The number of aromatic nitrogens is 3. The standard InChI is InChI=1S/C38H53N5O2S/c1-13-24(4)18-39-33(17-32(26(6)23(2)3)30-19-41-43(12)21-30)28(8)27(7)29-14-15-31(25(5)16-29)34(22-44)42-36(45)35-20-40-37(46-35)38(9,10)11/h14-21,23,26,34,44H,13,22H2,1-12H3,(H,42,45)/b24-18+,28-27+,32-17+,39-33-. The molecule has 3 aromatic rings. The van der Waals surface area contributed by atoms with Gasteiger partial charge in [-0.15, -0.1) is 11.3 Å². The number of carbonyl (C=O) groups excluding carboxylic acids is 1. The van der Waals surface area contributed by atoms with Crippen molar-refractivity contribution >= 4 is 34.1 Å². The van der Waals surface area contributed by atoms with Crippen LogP contribution in [0, 0.1) is 18.8 Å². The fourth-order valence-electron chi connectivity index (χ4n) is 4.95. The summed E-state index contributed by atoms with van der Waals surface area (Å²) < 4.78 is 1.84. The van der Waals surface area contributed by atoms with E-state index in [-0.39, 0.29) is 17.9 Å². The van der Waals surface area contributed by atoms with Gasteiger partial charge in [0.05, 0.1) is 35.8 Å². The van der Waals surface area contributed by atoms with Gasteiger partial charge in [-0.25, -0.2) is 4.98 Å². The molecule has 0 aliphatic heterocycles. The lowest BCUT2D eigenvalue weighted by atomic mass is 9.85. The SMILES string of the molecule is CC/C(C)=C/N=C(/C=C(/c1cnn(C)c1)C(C)C(C)C)C(\C)=C(/C)c1ccc(C(CO)NC(=O)c2cnc(C(C)(C)C)s2)c(C)c1. The number of rotatable bonds is 12. The van der Waals surface area contributed by atoms with Crippen LogP contribution < -0.4 is 5.32 Å². The molecule has 248 valence electrons. The van der Waals surface area contributed by atoms with Crippen molar-refractivity contribution < 1.29 is 9.90 Å². The molecule has 0 aliphatic carbocycles. The quantitative estimate of drug-likeness (QED) is 0.193. The van der Waals surface area contributed by atoms with Crippen molar-refractivity contribution in [3.63, 3.8) is 0 Å². The summed E-state index contributed by atoms with van der Waals surface area (Å²) in [5, 5.41) is 18.7. The molecule has 2 heterocycles. The van der Waals surface area contributed by atoms with Gasteiger partial charge in [0, 0.05) is 30.4 Å². The maximum atomic E-state index is 13.1. The molecule has 2 atom stereocenters. The van der Waals surface area contributed by atoms with Crippen molar-refractivity contribution in [3.05, 3.63) is 92.4 Å². The fourth-order valence-corrected chi connectivity index (χ4v) is 5.83. The highest BCUT2D eigenvalue weighted by Gasteiger charge is 2.23. The van der Waals surface area contributed by atoms with Crippen LogP contribution in [0.5, 0.6) is 0 Å². The molecule has 8 heteroatoms. The van der Waals surface area contributed by atoms with Crippen molar-refractivity contribution in [2.24, 2.45) is 23.9 Å². The van der Waals surface area contributed by atoms with Gasteiger partial charge in [0.2, 0.25) is 0 Å². The Morgan fingerprint density at radius 2 is 1.83 bits per heavy atom. The summed E-state index contributed by atoms with van der Waals surface area (Å²) in [6, 6.07) is 5.66. The predicted octanol–water partition coefficient (Wildman–Crippen LogP) is 8.87. The largest absolute Gasteiger partial charge is 0.394 e. The monoisotopic (exact) mass is 643 g/mol. The number of hydrogen-bond acceptors (Lipinski definition) is 6. The summed E-state index contributed by atoms with van der Waals surface area (Å²) in [5.74, 6) is 0.513. The molecule has 0 fully saturated rings. The Morgan fingerprint density at radius 3 is 2.35 bits per heavy atom. The van der Waals surface area contributed by atoms with Crippen molar-refractivity contribution in [2.75, 3.05) is 6.61 Å². The number of allylic oxidation sites excluding steroid dienone is 5. The van der Waals surface area contributed by atoms with E-state index in [9.17, 15) is 9.90 Å². The van der Waals surface area contributed by atoms with E-state index < -0.39 is 6.04 Å². The summed E-state index contributed by atoms with van der Waals surface area (Å²) in [7, 11) is 1.94. The molecular weight excluding hydrogens is 591 g/mol. The minimum absolute atomic E-state index is 0.131. The van der Waals surface area contributed by atoms with E-state index in [1.54, 1.807) is 6.20 Å². The highest BCUT2D eigenvalue weighted by molar-refractivity contribution is 7.13. The average molecular weight is 644 g/mol. The maximum absolute atomic E-state index is 13.1. The first-order valence-electron chi connectivity index (χ1n) is 16.2. The lowest BCUT2D eigenvalue weighted by molar-refractivity contribution is 0.0920. The molecule has 0 spiro atoms. The van der Waals surface area contributed by atoms with E-state index in [1.807, 2.05) is 37.1 Å². The van der Waals surface area contributed by atoms with Crippen molar-refractivity contribution in [3.8, 4) is 0 Å². The van der Waals surface area contributed by atoms with Crippen LogP contribution >= 0.6 is 11.3 Å². The Hall–Kier alpha value is -3.62. The van der Waals surface area contributed by atoms with Crippen LogP contribution in [-0.4, -0.2) is 38.1 Å². The number of nitrogens with zero attached hydrogens (tertiary/aromatic N) is 4. The minimum atomic E-state index is -0.533. The molecule has 2 N–H and O–H groups in total. The van der Waals surface area contributed by atoms with E-state index in [2.05, 4.69) is 109 Å². The van der Waals surface area contributed by atoms with Crippen LogP contribution in [-0.2, 0) is 12.5 Å². The number of benzene rings is 1. The first-order valence-corrected chi connectivity index (χ1v) is 17.0. The van der Waals surface area contributed by atoms with Crippen LogP contribution in [0.15, 0.2) is 65.2 Å². The maximum Gasteiger partial charge on any atom is 0.263 e. The topological polar surface area (TPSA) is 92.4 Å². The van der Waals surface area contributed by atoms with Gasteiger partial charge in [-0.05, 0) is 85.4 Å². The van der Waals surface area contributed by atoms with Gasteiger partial charge < -0.3 is 10.4 Å². The van der Waals surface area contributed by atoms with E-state index >= 15 is 0 Å². The minimum Gasteiger partial charge on any atom is -0.394 e. The summed E-state index contributed by atoms with van der Waals surface area (Å²) in [6.45, 7) is 23.3. The number of thiazole rings is 1. The average Bonchev–Trinajstić information content (AvgIpc) is 3.69. The van der Waals surface area contributed by atoms with Gasteiger partial charge >= 0.3 is 0 Å². The second-order valence-electron chi connectivity index (χ2n) is 13.7. The third-order valence-corrected chi connectivity index (χ3v) is 10.1. The molecule has 0 saturated heterocycles. The second-order valence-corrected chi connectivity index (χ2v) is 14.7. The molecule has 2 aromatic heterocycles. The van der Waals surface area contributed by atoms with Crippen LogP contribution in [0.4, 0.5) is 0 Å². The number of aryl methyl sites for hydroxylation is 2. The van der Waals surface area contributed by atoms with Gasteiger partial charge in [-0.1, -0.05) is 72.2 Å². The third kappa shape index (κ3) is 9.23. The molecule has 0 saturated carbocycles. The Labute approximate surface area is 280 Å². The highest BCUT2D eigenvalue weighted by Crippen LogP contribution is 2.32. The number of aliphatic imine (C=N–C) groups is 1. The summed E-state index contributed by atoms with van der Waals surface area (Å²) >= 11 is 1.39. The van der Waals surface area contributed by atoms with E-state index in [0.717, 1.165) is 50.5 Å². The third-order valence-electron chi connectivity index (χ3n) is 8.69. The van der Waals surface area contributed by atoms with Gasteiger partial charge in [0.1, 0.15) is 4.88 Å². The van der Waals surface area contributed by atoms with Gasteiger partial charge in [0.15, 0.2) is 0 Å². The molecule has 0 aliphatic rings. The number of aliphatic hydroxyl groups excluding tert-OH is 1. The molecule has 7 nitrogen and oxygen atoms in total. The van der Waals surface area contributed by atoms with E-state index in [0.29, 0.717) is 16.7 Å². The number of carbonyl (C=O) groups is 1.